The second kappa shape index (κ2) is 6.13. The molecule has 0 radical (unpaired) electrons. The fraction of sp³-hybridized carbons (Fsp3) is 0.263. The first-order chi connectivity index (χ1) is 11.3. The number of benzene rings is 1. The van der Waals surface area contributed by atoms with Crippen LogP contribution in [-0.4, -0.2) is 22.3 Å². The van der Waals surface area contributed by atoms with Gasteiger partial charge in [0.25, 0.3) is 5.91 Å². The average Bonchev–Trinajstić information content (AvgIpc) is 3.09. The van der Waals surface area contributed by atoms with Crippen molar-refractivity contribution in [3.05, 3.63) is 65.3 Å². The maximum absolute atomic E-state index is 13.1. The van der Waals surface area contributed by atoms with Gasteiger partial charge in [-0.15, -0.1) is 11.3 Å². The highest BCUT2D eigenvalue weighted by molar-refractivity contribution is 7.17. The molecular weight excluding hydrogens is 304 g/mol. The maximum atomic E-state index is 13.1. The summed E-state index contributed by atoms with van der Waals surface area (Å²) in [6.45, 7) is 0.807. The third-order valence-corrected chi connectivity index (χ3v) is 5.39. The Morgan fingerprint density at radius 1 is 1.17 bits per heavy atom. The van der Waals surface area contributed by atoms with E-state index < -0.39 is 0 Å². The molecule has 2 aromatic heterocycles. The van der Waals surface area contributed by atoms with Crippen LogP contribution in [0.1, 0.15) is 41.4 Å². The molecule has 4 rings (SSSR count). The summed E-state index contributed by atoms with van der Waals surface area (Å²) < 4.78 is 1.22. The van der Waals surface area contributed by atoms with Crippen molar-refractivity contribution in [1.29, 1.82) is 0 Å². The SMILES string of the molecule is O=C(c1ccc2sccc2c1)N1CCCC[C@H]1c1ccccn1. The lowest BCUT2D eigenvalue weighted by molar-refractivity contribution is 0.0606. The lowest BCUT2D eigenvalue weighted by Crippen LogP contribution is -2.38. The summed E-state index contributed by atoms with van der Waals surface area (Å²) in [7, 11) is 0. The third kappa shape index (κ3) is 2.75. The molecule has 0 N–H and O–H groups in total. The molecule has 3 heterocycles. The minimum atomic E-state index is 0.0932. The van der Waals surface area contributed by atoms with E-state index in [-0.39, 0.29) is 11.9 Å². The molecule has 1 amide bonds. The highest BCUT2D eigenvalue weighted by Gasteiger charge is 2.29. The van der Waals surface area contributed by atoms with E-state index in [1.807, 2.05) is 47.5 Å². The predicted octanol–water partition coefficient (Wildman–Crippen LogP) is 4.66. The van der Waals surface area contributed by atoms with Gasteiger partial charge in [-0.25, -0.2) is 0 Å². The Morgan fingerprint density at radius 2 is 2.13 bits per heavy atom. The molecule has 0 spiro atoms. The van der Waals surface area contributed by atoms with E-state index in [1.54, 1.807) is 11.3 Å². The Morgan fingerprint density at radius 3 is 3.00 bits per heavy atom. The lowest BCUT2D eigenvalue weighted by Gasteiger charge is -2.35. The van der Waals surface area contributed by atoms with Crippen LogP contribution >= 0.6 is 11.3 Å². The number of thiophene rings is 1. The van der Waals surface area contributed by atoms with Crippen molar-refractivity contribution in [1.82, 2.24) is 9.88 Å². The molecule has 3 nitrogen and oxygen atoms in total. The molecule has 0 unspecified atom stereocenters. The summed E-state index contributed by atoms with van der Waals surface area (Å²) in [5.74, 6) is 0.119. The Labute approximate surface area is 139 Å². The smallest absolute Gasteiger partial charge is 0.254 e. The summed E-state index contributed by atoms with van der Waals surface area (Å²) in [6, 6.07) is 14.1. The Kier molecular flexibility index (Phi) is 3.83. The van der Waals surface area contributed by atoms with Gasteiger partial charge in [-0.05, 0) is 66.4 Å². The second-order valence-electron chi connectivity index (χ2n) is 5.94. The van der Waals surface area contributed by atoms with Gasteiger partial charge in [0.05, 0.1) is 11.7 Å². The first-order valence-electron chi connectivity index (χ1n) is 8.02. The van der Waals surface area contributed by atoms with E-state index in [9.17, 15) is 4.79 Å². The molecule has 1 atom stereocenters. The van der Waals surface area contributed by atoms with Crippen molar-refractivity contribution in [2.24, 2.45) is 0 Å². The minimum Gasteiger partial charge on any atom is -0.330 e. The molecule has 0 saturated carbocycles. The summed E-state index contributed by atoms with van der Waals surface area (Å²) in [5, 5.41) is 3.21. The van der Waals surface area contributed by atoms with Gasteiger partial charge in [0.15, 0.2) is 0 Å². The monoisotopic (exact) mass is 322 g/mol. The van der Waals surface area contributed by atoms with Gasteiger partial charge in [-0.3, -0.25) is 9.78 Å². The first-order valence-corrected chi connectivity index (χ1v) is 8.90. The predicted molar refractivity (Wildman–Crippen MR) is 93.7 cm³/mol. The molecule has 0 bridgehead atoms. The van der Waals surface area contributed by atoms with Crippen LogP contribution in [0.2, 0.25) is 0 Å². The minimum absolute atomic E-state index is 0.0932. The molecule has 3 aromatic rings. The molecule has 1 aliphatic heterocycles. The van der Waals surface area contributed by atoms with E-state index in [0.717, 1.165) is 42.5 Å². The number of hydrogen-bond donors (Lipinski definition) is 0. The molecule has 1 saturated heterocycles. The quantitative estimate of drug-likeness (QED) is 0.687. The normalized spacial score (nSPS) is 18.3. The number of piperidine rings is 1. The summed E-state index contributed by atoms with van der Waals surface area (Å²) in [5.41, 5.74) is 1.77. The second-order valence-corrected chi connectivity index (χ2v) is 6.89. The van der Waals surface area contributed by atoms with Crippen LogP contribution in [-0.2, 0) is 0 Å². The largest absolute Gasteiger partial charge is 0.330 e. The van der Waals surface area contributed by atoms with Crippen molar-refractivity contribution in [3.63, 3.8) is 0 Å². The van der Waals surface area contributed by atoms with Gasteiger partial charge in [0, 0.05) is 23.0 Å². The number of pyridine rings is 1. The topological polar surface area (TPSA) is 33.2 Å². The fourth-order valence-electron chi connectivity index (χ4n) is 3.32. The molecule has 4 heteroatoms. The Balaban J connectivity index is 1.67. The van der Waals surface area contributed by atoms with E-state index in [0.29, 0.717) is 0 Å². The molecule has 23 heavy (non-hydrogen) atoms. The molecule has 116 valence electrons. The van der Waals surface area contributed by atoms with E-state index >= 15 is 0 Å². The zero-order valence-electron chi connectivity index (χ0n) is 12.8. The zero-order chi connectivity index (χ0) is 15.6. The first kappa shape index (κ1) is 14.4. The summed E-state index contributed by atoms with van der Waals surface area (Å²) in [4.78, 5) is 19.5. The van der Waals surface area contributed by atoms with Gasteiger partial charge >= 0.3 is 0 Å². The summed E-state index contributed by atoms with van der Waals surface area (Å²) in [6.07, 6.45) is 5.01. The van der Waals surface area contributed by atoms with Crippen LogP contribution in [0, 0.1) is 0 Å². The van der Waals surface area contributed by atoms with Crippen molar-refractivity contribution in [2.75, 3.05) is 6.54 Å². The number of aromatic nitrogens is 1. The number of hydrogen-bond acceptors (Lipinski definition) is 3. The number of likely N-dealkylation sites (tertiary alicyclic amines) is 1. The number of carbonyl (C=O) groups is 1. The lowest BCUT2D eigenvalue weighted by atomic mass is 9.97. The van der Waals surface area contributed by atoms with Gasteiger partial charge in [0.1, 0.15) is 0 Å². The van der Waals surface area contributed by atoms with Crippen molar-refractivity contribution in [2.45, 2.75) is 25.3 Å². The highest BCUT2D eigenvalue weighted by Crippen LogP contribution is 2.31. The maximum Gasteiger partial charge on any atom is 0.254 e. The van der Waals surface area contributed by atoms with Gasteiger partial charge in [-0.1, -0.05) is 6.07 Å². The van der Waals surface area contributed by atoms with Crippen molar-refractivity contribution < 1.29 is 4.79 Å². The standard InChI is InChI=1S/C19H18N2OS/c22-19(15-7-8-18-14(13-15)9-12-23-18)21-11-4-2-6-17(21)16-5-1-3-10-20-16/h1,3,5,7-10,12-13,17H,2,4,6,11H2/t17-/m0/s1. The van der Waals surface area contributed by atoms with Gasteiger partial charge in [-0.2, -0.15) is 0 Å². The van der Waals surface area contributed by atoms with Crippen LogP contribution in [0.3, 0.4) is 0 Å². The van der Waals surface area contributed by atoms with Crippen LogP contribution in [0.4, 0.5) is 0 Å². The molecular formula is C19H18N2OS. The van der Waals surface area contributed by atoms with Gasteiger partial charge in [0.2, 0.25) is 0 Å². The van der Waals surface area contributed by atoms with E-state index in [4.69, 9.17) is 0 Å². The third-order valence-electron chi connectivity index (χ3n) is 4.49. The number of carbonyl (C=O) groups excluding carboxylic acids is 1. The fourth-order valence-corrected chi connectivity index (χ4v) is 4.09. The zero-order valence-corrected chi connectivity index (χ0v) is 13.6. The van der Waals surface area contributed by atoms with E-state index in [1.165, 1.54) is 4.70 Å². The number of rotatable bonds is 2. The van der Waals surface area contributed by atoms with Crippen LogP contribution in [0.25, 0.3) is 10.1 Å². The van der Waals surface area contributed by atoms with Crippen molar-refractivity contribution >= 4 is 27.3 Å². The average molecular weight is 322 g/mol. The van der Waals surface area contributed by atoms with Crippen molar-refractivity contribution in [3.8, 4) is 0 Å². The Bertz CT molecular complexity index is 828. The number of fused-ring (bicyclic) bond motifs is 1. The van der Waals surface area contributed by atoms with Crippen LogP contribution in [0.15, 0.2) is 54.0 Å². The molecule has 1 aliphatic rings. The van der Waals surface area contributed by atoms with E-state index in [2.05, 4.69) is 16.4 Å². The Hall–Kier alpha value is -2.20. The highest BCUT2D eigenvalue weighted by atomic mass is 32.1. The molecule has 1 fully saturated rings. The van der Waals surface area contributed by atoms with Gasteiger partial charge < -0.3 is 4.90 Å². The van der Waals surface area contributed by atoms with Crippen LogP contribution in [0.5, 0.6) is 0 Å². The molecule has 0 aliphatic carbocycles. The molecule has 1 aromatic carbocycles. The van der Waals surface area contributed by atoms with Crippen LogP contribution < -0.4 is 0 Å². The summed E-state index contributed by atoms with van der Waals surface area (Å²) >= 11 is 1.71. The number of nitrogens with zero attached hydrogens (tertiary/aromatic N) is 2. The number of amides is 1.